The van der Waals surface area contributed by atoms with E-state index in [2.05, 4.69) is 41.0 Å². The van der Waals surface area contributed by atoms with E-state index in [-0.39, 0.29) is 5.54 Å². The SMILES string of the molecule is CC.Clc1cccc(CN=C2Nc3ccccc3NC23CCCCCC3)c1. The summed E-state index contributed by atoms with van der Waals surface area (Å²) in [5, 5.41) is 8.22. The average molecular weight is 384 g/mol. The Morgan fingerprint density at radius 3 is 2.33 bits per heavy atom. The Balaban J connectivity index is 0.00000102. The summed E-state index contributed by atoms with van der Waals surface area (Å²) in [5.74, 6) is 1.08. The molecule has 1 spiro atoms. The fourth-order valence-electron chi connectivity index (χ4n) is 3.96. The molecule has 1 heterocycles. The molecule has 2 N–H and O–H groups in total. The third kappa shape index (κ3) is 4.65. The van der Waals surface area contributed by atoms with Crippen LogP contribution in [0.4, 0.5) is 11.4 Å². The summed E-state index contributed by atoms with van der Waals surface area (Å²) in [4.78, 5) is 5.00. The fraction of sp³-hybridized carbons (Fsp3) is 0.435. The molecule has 4 rings (SSSR count). The lowest BCUT2D eigenvalue weighted by Gasteiger charge is -2.41. The molecule has 1 aliphatic heterocycles. The van der Waals surface area contributed by atoms with Gasteiger partial charge in [-0.2, -0.15) is 0 Å². The zero-order valence-electron chi connectivity index (χ0n) is 16.4. The molecule has 144 valence electrons. The maximum Gasteiger partial charge on any atom is 0.127 e. The third-order valence-electron chi connectivity index (χ3n) is 5.27. The van der Waals surface area contributed by atoms with E-state index >= 15 is 0 Å². The van der Waals surface area contributed by atoms with Gasteiger partial charge < -0.3 is 10.6 Å². The van der Waals surface area contributed by atoms with Crippen molar-refractivity contribution >= 4 is 28.8 Å². The van der Waals surface area contributed by atoms with Crippen LogP contribution in [0, 0.1) is 0 Å². The highest BCUT2D eigenvalue weighted by atomic mass is 35.5. The predicted molar refractivity (Wildman–Crippen MR) is 118 cm³/mol. The van der Waals surface area contributed by atoms with Gasteiger partial charge in [0.2, 0.25) is 0 Å². The number of hydrogen-bond acceptors (Lipinski definition) is 2. The number of nitrogens with zero attached hydrogens (tertiary/aromatic N) is 1. The molecule has 4 heteroatoms. The number of halogens is 1. The Labute approximate surface area is 168 Å². The van der Waals surface area contributed by atoms with Gasteiger partial charge >= 0.3 is 0 Å². The molecule has 2 aromatic rings. The molecule has 0 unspecified atom stereocenters. The second-order valence-corrected chi connectivity index (χ2v) is 7.52. The van der Waals surface area contributed by atoms with Crippen molar-refractivity contribution in [3.8, 4) is 0 Å². The van der Waals surface area contributed by atoms with Crippen molar-refractivity contribution in [2.24, 2.45) is 4.99 Å². The van der Waals surface area contributed by atoms with Gasteiger partial charge in [-0.05, 0) is 42.7 Å². The van der Waals surface area contributed by atoms with E-state index < -0.39 is 0 Å². The van der Waals surface area contributed by atoms with E-state index in [0.29, 0.717) is 6.54 Å². The van der Waals surface area contributed by atoms with Gasteiger partial charge in [0.25, 0.3) is 0 Å². The van der Waals surface area contributed by atoms with Gasteiger partial charge in [-0.1, -0.05) is 75.4 Å². The van der Waals surface area contributed by atoms with Crippen molar-refractivity contribution in [2.75, 3.05) is 10.6 Å². The van der Waals surface area contributed by atoms with E-state index in [1.165, 1.54) is 31.4 Å². The molecule has 0 atom stereocenters. The summed E-state index contributed by atoms with van der Waals surface area (Å²) in [5.41, 5.74) is 3.38. The minimum atomic E-state index is -0.0660. The van der Waals surface area contributed by atoms with Crippen molar-refractivity contribution < 1.29 is 0 Å². The smallest absolute Gasteiger partial charge is 0.127 e. The first-order valence-corrected chi connectivity index (χ1v) is 10.6. The number of fused-ring (bicyclic) bond motifs is 1. The monoisotopic (exact) mass is 383 g/mol. The van der Waals surface area contributed by atoms with Crippen LogP contribution in [-0.2, 0) is 6.54 Å². The van der Waals surface area contributed by atoms with Crippen molar-refractivity contribution in [2.45, 2.75) is 64.5 Å². The highest BCUT2D eigenvalue weighted by Crippen LogP contribution is 2.38. The van der Waals surface area contributed by atoms with Gasteiger partial charge in [0.05, 0.1) is 23.5 Å². The Morgan fingerprint density at radius 2 is 1.63 bits per heavy atom. The summed E-state index contributed by atoms with van der Waals surface area (Å²) in [6.07, 6.45) is 7.37. The zero-order chi connectivity index (χ0) is 19.1. The number of hydrogen-bond donors (Lipinski definition) is 2. The van der Waals surface area contributed by atoms with Crippen LogP contribution in [0.25, 0.3) is 0 Å². The van der Waals surface area contributed by atoms with Gasteiger partial charge in [0.15, 0.2) is 0 Å². The van der Waals surface area contributed by atoms with Gasteiger partial charge in [-0.25, -0.2) is 0 Å². The topological polar surface area (TPSA) is 36.4 Å². The van der Waals surface area contributed by atoms with E-state index in [1.807, 2.05) is 32.0 Å². The molecule has 0 bridgehead atoms. The number of anilines is 2. The summed E-state index contributed by atoms with van der Waals surface area (Å²) in [6.45, 7) is 4.65. The van der Waals surface area contributed by atoms with Crippen LogP contribution in [0.1, 0.15) is 57.9 Å². The summed E-state index contributed by atoms with van der Waals surface area (Å²) >= 11 is 6.12. The molecule has 3 nitrogen and oxygen atoms in total. The number of amidine groups is 1. The highest BCUT2D eigenvalue weighted by Gasteiger charge is 2.39. The van der Waals surface area contributed by atoms with Crippen molar-refractivity contribution in [3.63, 3.8) is 0 Å². The van der Waals surface area contributed by atoms with Crippen LogP contribution in [0.2, 0.25) is 5.02 Å². The molecule has 0 saturated heterocycles. The molecule has 0 radical (unpaired) electrons. The van der Waals surface area contributed by atoms with Crippen LogP contribution >= 0.6 is 11.6 Å². The summed E-state index contributed by atoms with van der Waals surface area (Å²) < 4.78 is 0. The highest BCUT2D eigenvalue weighted by molar-refractivity contribution is 6.30. The quantitative estimate of drug-likeness (QED) is 0.591. The maximum absolute atomic E-state index is 6.12. The largest absolute Gasteiger partial charge is 0.371 e. The number of para-hydroxylation sites is 2. The summed E-state index contributed by atoms with van der Waals surface area (Å²) in [7, 11) is 0. The molecule has 1 aliphatic carbocycles. The number of rotatable bonds is 2. The molecule has 1 fully saturated rings. The molecule has 2 aliphatic rings. The molecular formula is C23H30ClN3. The average Bonchev–Trinajstić information content (AvgIpc) is 2.94. The first kappa shape index (κ1) is 19.8. The van der Waals surface area contributed by atoms with Crippen LogP contribution in [0.5, 0.6) is 0 Å². The van der Waals surface area contributed by atoms with Crippen LogP contribution in [0.3, 0.4) is 0 Å². The second kappa shape index (κ2) is 9.27. The van der Waals surface area contributed by atoms with Crippen LogP contribution in [-0.4, -0.2) is 11.4 Å². The lowest BCUT2D eigenvalue weighted by atomic mass is 9.86. The molecular weight excluding hydrogens is 354 g/mol. The third-order valence-corrected chi connectivity index (χ3v) is 5.51. The molecule has 0 aromatic heterocycles. The number of nitrogens with one attached hydrogen (secondary N) is 2. The van der Waals surface area contributed by atoms with Gasteiger partial charge in [0, 0.05) is 5.02 Å². The van der Waals surface area contributed by atoms with Gasteiger partial charge in [-0.3, -0.25) is 4.99 Å². The maximum atomic E-state index is 6.12. The van der Waals surface area contributed by atoms with Gasteiger partial charge in [0.1, 0.15) is 5.84 Å². The fourth-order valence-corrected chi connectivity index (χ4v) is 4.17. The van der Waals surface area contributed by atoms with E-state index in [4.69, 9.17) is 16.6 Å². The predicted octanol–water partition coefficient (Wildman–Crippen LogP) is 6.90. The lowest BCUT2D eigenvalue weighted by molar-refractivity contribution is 0.524. The normalized spacial score (nSPS) is 19.1. The molecule has 27 heavy (non-hydrogen) atoms. The van der Waals surface area contributed by atoms with Crippen molar-refractivity contribution in [1.29, 1.82) is 0 Å². The number of benzene rings is 2. The zero-order valence-corrected chi connectivity index (χ0v) is 17.1. The standard InChI is InChI=1S/C21H24ClN3.C2H6/c22-17-9-7-8-16(14-17)15-23-20-21(12-5-1-2-6-13-21)25-19-11-4-3-10-18(19)24-20;1-2/h3-4,7-11,14,25H,1-2,5-6,12-13,15H2,(H,23,24);1-2H3. The van der Waals surface area contributed by atoms with E-state index in [9.17, 15) is 0 Å². The Kier molecular flexibility index (Phi) is 6.78. The minimum absolute atomic E-state index is 0.0660. The Hall–Kier alpha value is -2.00. The Morgan fingerprint density at radius 1 is 0.926 bits per heavy atom. The first-order valence-electron chi connectivity index (χ1n) is 10.2. The van der Waals surface area contributed by atoms with Crippen LogP contribution in [0.15, 0.2) is 53.5 Å². The number of aliphatic imine (C=N–C) groups is 1. The minimum Gasteiger partial charge on any atom is -0.371 e. The molecule has 1 saturated carbocycles. The van der Waals surface area contributed by atoms with Crippen molar-refractivity contribution in [3.05, 3.63) is 59.1 Å². The van der Waals surface area contributed by atoms with E-state index in [1.54, 1.807) is 0 Å². The molecule has 2 aromatic carbocycles. The first-order chi connectivity index (χ1) is 13.3. The lowest BCUT2D eigenvalue weighted by Crippen LogP contribution is -2.52. The van der Waals surface area contributed by atoms with Crippen molar-refractivity contribution in [1.82, 2.24) is 0 Å². The second-order valence-electron chi connectivity index (χ2n) is 7.09. The molecule has 0 amide bonds. The van der Waals surface area contributed by atoms with E-state index in [0.717, 1.165) is 35.0 Å². The Bertz CT molecular complexity index is 777. The van der Waals surface area contributed by atoms with Gasteiger partial charge in [-0.15, -0.1) is 0 Å². The summed E-state index contributed by atoms with van der Waals surface area (Å²) in [6, 6.07) is 16.4. The van der Waals surface area contributed by atoms with Crippen LogP contribution < -0.4 is 10.6 Å².